The maximum Gasteiger partial charge on any atom is 0.246 e. The molecule has 3 amide bonds. The number of methoxy groups -OCH3 is 1. The summed E-state index contributed by atoms with van der Waals surface area (Å²) in [5.74, 6) is -0.553. The van der Waals surface area contributed by atoms with Crippen molar-refractivity contribution in [2.24, 2.45) is 23.7 Å². The molecule has 5 aliphatic rings. The number of rotatable bonds is 11. The molecular weight excluding hydrogens is 618 g/mol. The number of fused-ring (bicyclic) bond motifs is 1. The molecule has 2 bridgehead atoms. The van der Waals surface area contributed by atoms with E-state index in [-0.39, 0.29) is 23.8 Å². The molecule has 2 aromatic carbocycles. The van der Waals surface area contributed by atoms with Crippen LogP contribution in [-0.4, -0.2) is 103 Å². The Morgan fingerprint density at radius 2 is 1.67 bits per heavy atom. The average molecular weight is 670 g/mol. The summed E-state index contributed by atoms with van der Waals surface area (Å²) >= 11 is 0. The Hall–Kier alpha value is -3.73. The summed E-state index contributed by atoms with van der Waals surface area (Å²) in [5.41, 5.74) is 0.782. The van der Waals surface area contributed by atoms with Crippen molar-refractivity contribution in [1.29, 1.82) is 0 Å². The number of carbonyl (C=O) groups is 3. The molecule has 8 atom stereocenters. The molecule has 1 aliphatic carbocycles. The number of amides is 3. The number of carbonyl (C=O) groups excluding carboxylic acids is 3. The van der Waals surface area contributed by atoms with Crippen LogP contribution in [0.5, 0.6) is 5.75 Å². The van der Waals surface area contributed by atoms with Crippen LogP contribution in [0.25, 0.3) is 0 Å². The van der Waals surface area contributed by atoms with Crippen molar-refractivity contribution in [3.05, 3.63) is 72.3 Å². The van der Waals surface area contributed by atoms with Crippen LogP contribution in [0.3, 0.4) is 0 Å². The molecule has 2 N–H and O–H groups in total. The van der Waals surface area contributed by atoms with E-state index >= 15 is 0 Å². The fraction of sp³-hybridized carbons (Fsp3) is 0.564. The third-order valence-electron chi connectivity index (χ3n) is 11.9. The minimum Gasteiger partial charge on any atom is -0.497 e. The molecule has 49 heavy (non-hydrogen) atoms. The quantitative estimate of drug-likeness (QED) is 0.350. The van der Waals surface area contributed by atoms with Gasteiger partial charge in [0.1, 0.15) is 17.4 Å². The van der Waals surface area contributed by atoms with Gasteiger partial charge < -0.3 is 29.9 Å². The van der Waals surface area contributed by atoms with Crippen LogP contribution in [0, 0.1) is 23.7 Å². The Morgan fingerprint density at radius 1 is 0.939 bits per heavy atom. The standard InChI is InChI=1S/C39H51N5O5/c1-26-9-7-12-31(27(26)2)41-37(46)35-39-18-17-32(49-39)33(36(45)40-29-13-15-30(48-3)16-14-29)34(39)38(47)44(35)20-8-19-42-21-23-43(24-22-42)25-28-10-5-4-6-11-28/h4-6,10-11,13-18,26-27,31-35H,7-9,12,19-25H2,1-3H3,(H,40,45)(H,41,46)/t26?,27?,31?,32-,33?,34-,35?,39?/m1/s1. The van der Waals surface area contributed by atoms with E-state index in [1.807, 2.05) is 12.2 Å². The first-order valence-electron chi connectivity index (χ1n) is 18.2. The number of benzene rings is 2. The van der Waals surface area contributed by atoms with Gasteiger partial charge in [-0.15, -0.1) is 0 Å². The highest BCUT2D eigenvalue weighted by Gasteiger charge is 2.72. The number of piperazine rings is 1. The van der Waals surface area contributed by atoms with Gasteiger partial charge in [0.25, 0.3) is 0 Å². The summed E-state index contributed by atoms with van der Waals surface area (Å²) in [7, 11) is 1.60. The molecule has 4 aliphatic heterocycles. The number of hydrogen-bond acceptors (Lipinski definition) is 7. The van der Waals surface area contributed by atoms with Crippen molar-refractivity contribution in [2.45, 2.75) is 69.9 Å². The zero-order chi connectivity index (χ0) is 34.1. The van der Waals surface area contributed by atoms with E-state index in [0.29, 0.717) is 29.8 Å². The van der Waals surface area contributed by atoms with Crippen molar-refractivity contribution < 1.29 is 23.9 Å². The van der Waals surface area contributed by atoms with Crippen LogP contribution >= 0.6 is 0 Å². The van der Waals surface area contributed by atoms with Gasteiger partial charge in [-0.2, -0.15) is 0 Å². The number of hydrogen-bond donors (Lipinski definition) is 2. The molecule has 7 rings (SSSR count). The van der Waals surface area contributed by atoms with Crippen molar-refractivity contribution in [1.82, 2.24) is 20.0 Å². The normalized spacial score (nSPS) is 32.7. The lowest BCUT2D eigenvalue weighted by Crippen LogP contribution is -2.58. The van der Waals surface area contributed by atoms with E-state index in [4.69, 9.17) is 9.47 Å². The summed E-state index contributed by atoms with van der Waals surface area (Å²) in [6, 6.07) is 16.9. The van der Waals surface area contributed by atoms with Gasteiger partial charge in [-0.05, 0) is 61.1 Å². The van der Waals surface area contributed by atoms with Gasteiger partial charge in [0.05, 0.1) is 25.0 Å². The SMILES string of the molecule is COc1ccc(NC(=O)C2[C@H]3C=CC4(O3)C(C(=O)NC3CCCC(C)C3C)N(CCCN3CCN(Cc5ccccc5)CC3)C(=O)[C@@H]24)cc1. The highest BCUT2D eigenvalue weighted by atomic mass is 16.5. The zero-order valence-electron chi connectivity index (χ0n) is 29.1. The largest absolute Gasteiger partial charge is 0.497 e. The van der Waals surface area contributed by atoms with Crippen LogP contribution in [0.1, 0.15) is 45.1 Å². The first kappa shape index (κ1) is 33.8. The Kier molecular flexibility index (Phi) is 9.81. The van der Waals surface area contributed by atoms with Crippen LogP contribution in [0.2, 0.25) is 0 Å². The second-order valence-electron chi connectivity index (χ2n) is 14.8. The molecule has 4 fully saturated rings. The second kappa shape index (κ2) is 14.2. The lowest BCUT2D eigenvalue weighted by Gasteiger charge is -2.38. The topological polar surface area (TPSA) is 103 Å². The molecule has 1 saturated carbocycles. The number of nitrogens with one attached hydrogen (secondary N) is 2. The lowest BCUT2D eigenvalue weighted by atomic mass is 9.73. The molecule has 10 nitrogen and oxygen atoms in total. The monoisotopic (exact) mass is 669 g/mol. The molecular formula is C39H51N5O5. The second-order valence-corrected chi connectivity index (χ2v) is 14.8. The predicted octanol–water partition coefficient (Wildman–Crippen LogP) is 3.93. The minimum atomic E-state index is -1.17. The molecule has 10 heteroatoms. The Morgan fingerprint density at radius 3 is 2.41 bits per heavy atom. The number of ether oxygens (including phenoxy) is 2. The summed E-state index contributed by atoms with van der Waals surface area (Å²) in [5, 5.41) is 6.37. The maximum atomic E-state index is 14.5. The lowest BCUT2D eigenvalue weighted by molar-refractivity contribution is -0.141. The van der Waals surface area contributed by atoms with E-state index in [2.05, 4.69) is 64.6 Å². The highest BCUT2D eigenvalue weighted by molar-refractivity contribution is 6.02. The van der Waals surface area contributed by atoms with Gasteiger partial charge in [0.2, 0.25) is 17.7 Å². The van der Waals surface area contributed by atoms with E-state index in [9.17, 15) is 14.4 Å². The number of nitrogens with zero attached hydrogens (tertiary/aromatic N) is 3. The molecule has 262 valence electrons. The minimum absolute atomic E-state index is 0.0487. The fourth-order valence-electron chi connectivity index (χ4n) is 8.93. The molecule has 4 heterocycles. The van der Waals surface area contributed by atoms with E-state index in [1.165, 1.54) is 5.56 Å². The van der Waals surface area contributed by atoms with Gasteiger partial charge in [-0.25, -0.2) is 0 Å². The number of likely N-dealkylation sites (tertiary alicyclic amines) is 1. The summed E-state index contributed by atoms with van der Waals surface area (Å²) in [4.78, 5) is 49.4. The van der Waals surface area contributed by atoms with Crippen LogP contribution in [-0.2, 0) is 25.7 Å². The van der Waals surface area contributed by atoms with Crippen molar-refractivity contribution >= 4 is 23.4 Å². The molecule has 6 unspecified atom stereocenters. The smallest absolute Gasteiger partial charge is 0.246 e. The molecule has 1 spiro atoms. The summed E-state index contributed by atoms with van der Waals surface area (Å²) < 4.78 is 11.8. The van der Waals surface area contributed by atoms with Gasteiger partial charge in [0.15, 0.2) is 0 Å². The Labute approximate surface area is 290 Å². The van der Waals surface area contributed by atoms with Crippen molar-refractivity contribution in [3.63, 3.8) is 0 Å². The van der Waals surface area contributed by atoms with Crippen LogP contribution < -0.4 is 15.4 Å². The van der Waals surface area contributed by atoms with Gasteiger partial charge >= 0.3 is 0 Å². The molecule has 3 saturated heterocycles. The number of anilines is 1. The van der Waals surface area contributed by atoms with Gasteiger partial charge in [-0.3, -0.25) is 19.3 Å². The van der Waals surface area contributed by atoms with Crippen molar-refractivity contribution in [3.8, 4) is 5.75 Å². The van der Waals surface area contributed by atoms with Gasteiger partial charge in [0, 0.05) is 51.0 Å². The Balaban J connectivity index is 1.05. The van der Waals surface area contributed by atoms with Gasteiger partial charge in [-0.1, -0.05) is 69.2 Å². The van der Waals surface area contributed by atoms with Crippen LogP contribution in [0.15, 0.2) is 66.7 Å². The van der Waals surface area contributed by atoms with E-state index < -0.39 is 29.6 Å². The average Bonchev–Trinajstić information content (AvgIpc) is 3.75. The van der Waals surface area contributed by atoms with E-state index in [0.717, 1.165) is 65.0 Å². The maximum absolute atomic E-state index is 14.5. The molecule has 0 aromatic heterocycles. The summed E-state index contributed by atoms with van der Waals surface area (Å²) in [6.07, 6.45) is 7.12. The fourth-order valence-corrected chi connectivity index (χ4v) is 8.93. The molecule has 0 radical (unpaired) electrons. The zero-order valence-corrected chi connectivity index (χ0v) is 29.1. The molecule has 2 aromatic rings. The van der Waals surface area contributed by atoms with Crippen LogP contribution in [0.4, 0.5) is 5.69 Å². The third-order valence-corrected chi connectivity index (χ3v) is 11.9. The first-order chi connectivity index (χ1) is 23.8. The summed E-state index contributed by atoms with van der Waals surface area (Å²) in [6.45, 7) is 10.6. The predicted molar refractivity (Wildman–Crippen MR) is 188 cm³/mol. The van der Waals surface area contributed by atoms with E-state index in [1.54, 1.807) is 36.3 Å². The van der Waals surface area contributed by atoms with Crippen molar-refractivity contribution in [2.75, 3.05) is 51.7 Å². The third kappa shape index (κ3) is 6.62. The highest BCUT2D eigenvalue weighted by Crippen LogP contribution is 2.55. The first-order valence-corrected chi connectivity index (χ1v) is 18.2. The Bertz CT molecular complexity index is 1530.